The molecule has 1 aliphatic heterocycles. The number of hydrogen-bond acceptors (Lipinski definition) is 5. The highest BCUT2D eigenvalue weighted by atomic mass is 35.5. The van der Waals surface area contributed by atoms with E-state index in [4.69, 9.17) is 11.6 Å². The standard InChI is InChI=1S/C21H19ClFN5O/c1-26-17-6-7-18(22)25-19(17)20(15(12-24)21(26)29)28-10-8-27(9-11-28)13-14-4-2-3-5-16(14)23/h2-7H,8-11,13H2,1H3. The molecule has 0 aliphatic carbocycles. The number of hydrogen-bond donors (Lipinski definition) is 0. The van der Waals surface area contributed by atoms with Crippen LogP contribution in [0.25, 0.3) is 11.0 Å². The van der Waals surface area contributed by atoms with E-state index in [0.29, 0.717) is 60.2 Å². The van der Waals surface area contributed by atoms with E-state index in [1.54, 1.807) is 31.3 Å². The molecule has 1 aliphatic rings. The van der Waals surface area contributed by atoms with Crippen LogP contribution in [-0.4, -0.2) is 40.6 Å². The van der Waals surface area contributed by atoms with Crippen LogP contribution in [0, 0.1) is 17.1 Å². The predicted molar refractivity (Wildman–Crippen MR) is 111 cm³/mol. The number of nitrogens with zero attached hydrogens (tertiary/aromatic N) is 5. The Balaban J connectivity index is 1.66. The van der Waals surface area contributed by atoms with E-state index in [2.05, 4.69) is 16.0 Å². The second kappa shape index (κ2) is 7.82. The van der Waals surface area contributed by atoms with Gasteiger partial charge in [-0.05, 0) is 18.2 Å². The monoisotopic (exact) mass is 411 g/mol. The second-order valence-electron chi connectivity index (χ2n) is 7.06. The molecule has 1 fully saturated rings. The van der Waals surface area contributed by atoms with Crippen LogP contribution in [0.2, 0.25) is 5.15 Å². The molecular formula is C21H19ClFN5O. The third-order valence-corrected chi connectivity index (χ3v) is 5.54. The van der Waals surface area contributed by atoms with Crippen molar-refractivity contribution in [3.05, 3.63) is 68.8 Å². The molecule has 1 saturated heterocycles. The van der Waals surface area contributed by atoms with E-state index in [0.717, 1.165) is 0 Å². The van der Waals surface area contributed by atoms with Crippen LogP contribution in [0.1, 0.15) is 11.1 Å². The summed E-state index contributed by atoms with van der Waals surface area (Å²) in [7, 11) is 1.62. The molecule has 0 amide bonds. The third-order valence-electron chi connectivity index (χ3n) is 5.33. The van der Waals surface area contributed by atoms with Crippen molar-refractivity contribution in [2.24, 2.45) is 7.05 Å². The molecule has 0 radical (unpaired) electrons. The fourth-order valence-electron chi connectivity index (χ4n) is 3.78. The molecular weight excluding hydrogens is 393 g/mol. The van der Waals surface area contributed by atoms with Gasteiger partial charge < -0.3 is 9.47 Å². The average Bonchev–Trinajstić information content (AvgIpc) is 2.73. The summed E-state index contributed by atoms with van der Waals surface area (Å²) < 4.78 is 15.4. The van der Waals surface area contributed by atoms with Crippen LogP contribution in [0.3, 0.4) is 0 Å². The van der Waals surface area contributed by atoms with Gasteiger partial charge in [0.25, 0.3) is 5.56 Å². The second-order valence-corrected chi connectivity index (χ2v) is 7.44. The van der Waals surface area contributed by atoms with Crippen molar-refractivity contribution in [3.63, 3.8) is 0 Å². The third kappa shape index (κ3) is 3.57. The molecule has 0 unspecified atom stereocenters. The van der Waals surface area contributed by atoms with Crippen LogP contribution in [-0.2, 0) is 13.6 Å². The van der Waals surface area contributed by atoms with E-state index >= 15 is 0 Å². The van der Waals surface area contributed by atoms with E-state index in [-0.39, 0.29) is 16.9 Å². The molecule has 6 nitrogen and oxygen atoms in total. The number of nitriles is 1. The van der Waals surface area contributed by atoms with E-state index in [1.165, 1.54) is 10.6 Å². The topological polar surface area (TPSA) is 65.2 Å². The van der Waals surface area contributed by atoms with Crippen LogP contribution in [0.4, 0.5) is 10.1 Å². The molecule has 0 spiro atoms. The Labute approximate surface area is 172 Å². The summed E-state index contributed by atoms with van der Waals surface area (Å²) in [5.41, 5.74) is 2.07. The fourth-order valence-corrected chi connectivity index (χ4v) is 3.92. The van der Waals surface area contributed by atoms with Crippen molar-refractivity contribution < 1.29 is 4.39 Å². The molecule has 1 aromatic carbocycles. The van der Waals surface area contributed by atoms with Gasteiger partial charge in [0.15, 0.2) is 0 Å². The van der Waals surface area contributed by atoms with Crippen LogP contribution in [0.5, 0.6) is 0 Å². The van der Waals surface area contributed by atoms with Crippen molar-refractivity contribution in [1.29, 1.82) is 5.26 Å². The van der Waals surface area contributed by atoms with Crippen molar-refractivity contribution in [2.75, 3.05) is 31.1 Å². The minimum Gasteiger partial charge on any atom is -0.366 e. The molecule has 4 rings (SSSR count). The van der Waals surface area contributed by atoms with E-state index in [9.17, 15) is 14.4 Å². The lowest BCUT2D eigenvalue weighted by molar-refractivity contribution is 0.246. The zero-order valence-electron chi connectivity index (χ0n) is 15.9. The highest BCUT2D eigenvalue weighted by molar-refractivity contribution is 6.29. The summed E-state index contributed by atoms with van der Waals surface area (Å²) >= 11 is 6.10. The first-order valence-electron chi connectivity index (χ1n) is 9.29. The smallest absolute Gasteiger partial charge is 0.270 e. The van der Waals surface area contributed by atoms with Crippen LogP contribution >= 0.6 is 11.6 Å². The highest BCUT2D eigenvalue weighted by Crippen LogP contribution is 2.29. The van der Waals surface area contributed by atoms with Gasteiger partial charge in [0.2, 0.25) is 0 Å². The maximum absolute atomic E-state index is 13.9. The lowest BCUT2D eigenvalue weighted by Crippen LogP contribution is -2.47. The Morgan fingerprint density at radius 2 is 1.90 bits per heavy atom. The Morgan fingerprint density at radius 1 is 1.17 bits per heavy atom. The molecule has 3 heterocycles. The Kier molecular flexibility index (Phi) is 5.22. The SMILES string of the molecule is Cn1c(=O)c(C#N)c(N2CCN(Cc3ccccc3F)CC2)c2nc(Cl)ccc21. The number of rotatable bonds is 3. The lowest BCUT2D eigenvalue weighted by atomic mass is 10.1. The Morgan fingerprint density at radius 3 is 2.59 bits per heavy atom. The summed E-state index contributed by atoms with van der Waals surface area (Å²) in [4.78, 5) is 21.3. The summed E-state index contributed by atoms with van der Waals surface area (Å²) in [5.74, 6) is -0.210. The molecule has 0 N–H and O–H groups in total. The Hall–Kier alpha value is -2.95. The minimum atomic E-state index is -0.354. The van der Waals surface area contributed by atoms with Gasteiger partial charge in [-0.15, -0.1) is 0 Å². The van der Waals surface area contributed by atoms with Gasteiger partial charge in [-0.2, -0.15) is 5.26 Å². The summed E-state index contributed by atoms with van der Waals surface area (Å²) in [6.07, 6.45) is 0. The number of benzene rings is 1. The summed E-state index contributed by atoms with van der Waals surface area (Å²) in [6.45, 7) is 3.07. The molecule has 0 bridgehead atoms. The number of piperazine rings is 1. The summed E-state index contributed by atoms with van der Waals surface area (Å²) in [5, 5.41) is 9.96. The van der Waals surface area contributed by atoms with Crippen molar-refractivity contribution >= 4 is 28.3 Å². The van der Waals surface area contributed by atoms with Gasteiger partial charge in [-0.1, -0.05) is 29.8 Å². The minimum absolute atomic E-state index is 0.0670. The zero-order valence-corrected chi connectivity index (χ0v) is 16.7. The molecule has 0 saturated carbocycles. The van der Waals surface area contributed by atoms with Crippen molar-refractivity contribution in [3.8, 4) is 6.07 Å². The number of halogens is 2. The normalized spacial score (nSPS) is 14.9. The van der Waals surface area contributed by atoms with Gasteiger partial charge in [-0.3, -0.25) is 9.69 Å². The first-order chi connectivity index (χ1) is 14.0. The number of aromatic nitrogens is 2. The number of aryl methyl sites for hydroxylation is 1. The average molecular weight is 412 g/mol. The van der Waals surface area contributed by atoms with Crippen LogP contribution in [0.15, 0.2) is 41.2 Å². The molecule has 2 aromatic heterocycles. The van der Waals surface area contributed by atoms with Gasteiger partial charge in [-0.25, -0.2) is 9.37 Å². The quantitative estimate of drug-likeness (QED) is 0.620. The summed E-state index contributed by atoms with van der Waals surface area (Å²) in [6, 6.07) is 12.2. The Bertz CT molecular complexity index is 1180. The molecule has 3 aromatic rings. The number of anilines is 1. The largest absolute Gasteiger partial charge is 0.366 e. The van der Waals surface area contributed by atoms with Crippen molar-refractivity contribution in [2.45, 2.75) is 6.54 Å². The van der Waals surface area contributed by atoms with Gasteiger partial charge in [0.1, 0.15) is 28.1 Å². The molecule has 0 atom stereocenters. The maximum atomic E-state index is 13.9. The van der Waals surface area contributed by atoms with Gasteiger partial charge in [0.05, 0.1) is 11.2 Å². The zero-order chi connectivity index (χ0) is 20.5. The van der Waals surface area contributed by atoms with E-state index < -0.39 is 0 Å². The lowest BCUT2D eigenvalue weighted by Gasteiger charge is -2.36. The van der Waals surface area contributed by atoms with E-state index in [1.807, 2.05) is 11.0 Å². The fraction of sp³-hybridized carbons (Fsp3) is 0.286. The van der Waals surface area contributed by atoms with Crippen molar-refractivity contribution in [1.82, 2.24) is 14.5 Å². The predicted octanol–water partition coefficient (Wildman–Crippen LogP) is 2.92. The first-order valence-corrected chi connectivity index (χ1v) is 9.67. The van der Waals surface area contributed by atoms with Crippen LogP contribution < -0.4 is 10.5 Å². The number of pyridine rings is 2. The van der Waals surface area contributed by atoms with Gasteiger partial charge >= 0.3 is 0 Å². The molecule has 8 heteroatoms. The molecule has 29 heavy (non-hydrogen) atoms. The maximum Gasteiger partial charge on any atom is 0.270 e. The highest BCUT2D eigenvalue weighted by Gasteiger charge is 2.25. The number of fused-ring (bicyclic) bond motifs is 1. The van der Waals surface area contributed by atoms with Gasteiger partial charge in [0, 0.05) is 45.3 Å². The molecule has 148 valence electrons. The first kappa shape index (κ1) is 19.4.